The van der Waals surface area contributed by atoms with E-state index in [1.54, 1.807) is 0 Å². The maximum absolute atomic E-state index is 6.17. The summed E-state index contributed by atoms with van der Waals surface area (Å²) >= 11 is 0. The van der Waals surface area contributed by atoms with Crippen LogP contribution in [0, 0.1) is 0 Å². The number of likely N-dealkylation sites (tertiary alicyclic amines) is 1. The standard InChI is InChI=1S/C13H28N2/c1-4-5-9-13(14)10-15-11(2)7-6-8-12(15)3/h11-13H,4-10,14H2,1-3H3/t11-,12+,13?. The van der Waals surface area contributed by atoms with Crippen LogP contribution in [0.4, 0.5) is 0 Å². The maximum Gasteiger partial charge on any atom is 0.0168 e. The van der Waals surface area contributed by atoms with E-state index in [0.29, 0.717) is 6.04 Å². The van der Waals surface area contributed by atoms with Gasteiger partial charge in [-0.2, -0.15) is 0 Å². The van der Waals surface area contributed by atoms with Gasteiger partial charge < -0.3 is 5.73 Å². The van der Waals surface area contributed by atoms with Crippen molar-refractivity contribution in [1.82, 2.24) is 4.90 Å². The van der Waals surface area contributed by atoms with E-state index in [1.165, 1.54) is 38.5 Å². The van der Waals surface area contributed by atoms with Gasteiger partial charge in [0, 0.05) is 24.7 Å². The van der Waals surface area contributed by atoms with Crippen molar-refractivity contribution in [3.63, 3.8) is 0 Å². The fourth-order valence-corrected chi connectivity index (χ4v) is 2.66. The molecule has 1 aliphatic heterocycles. The molecule has 0 saturated carbocycles. The Kier molecular flexibility index (Phi) is 5.62. The highest BCUT2D eigenvalue weighted by molar-refractivity contribution is 4.82. The van der Waals surface area contributed by atoms with Gasteiger partial charge in [-0.15, -0.1) is 0 Å². The number of piperidine rings is 1. The van der Waals surface area contributed by atoms with E-state index < -0.39 is 0 Å². The monoisotopic (exact) mass is 212 g/mol. The summed E-state index contributed by atoms with van der Waals surface area (Å²) < 4.78 is 0. The van der Waals surface area contributed by atoms with Crippen LogP contribution in [0.5, 0.6) is 0 Å². The third-order valence-electron chi connectivity index (χ3n) is 3.75. The van der Waals surface area contributed by atoms with Crippen LogP contribution in [0.15, 0.2) is 0 Å². The first-order valence-corrected chi connectivity index (χ1v) is 6.66. The van der Waals surface area contributed by atoms with Gasteiger partial charge in [-0.05, 0) is 33.1 Å². The van der Waals surface area contributed by atoms with Gasteiger partial charge in [-0.25, -0.2) is 0 Å². The molecule has 0 bridgehead atoms. The SMILES string of the molecule is CCCCC(N)CN1[C@H](C)CCC[C@@H]1C. The van der Waals surface area contributed by atoms with Gasteiger partial charge in [0.05, 0.1) is 0 Å². The van der Waals surface area contributed by atoms with E-state index in [-0.39, 0.29) is 0 Å². The predicted molar refractivity (Wildman–Crippen MR) is 67.0 cm³/mol. The summed E-state index contributed by atoms with van der Waals surface area (Å²) in [7, 11) is 0. The van der Waals surface area contributed by atoms with Crippen molar-refractivity contribution in [3.05, 3.63) is 0 Å². The second-order valence-corrected chi connectivity index (χ2v) is 5.23. The average Bonchev–Trinajstić information content (AvgIpc) is 2.21. The predicted octanol–water partition coefficient (Wildman–Crippen LogP) is 2.77. The molecular weight excluding hydrogens is 184 g/mol. The zero-order valence-electron chi connectivity index (χ0n) is 10.7. The van der Waals surface area contributed by atoms with E-state index in [0.717, 1.165) is 18.6 Å². The molecule has 90 valence electrons. The van der Waals surface area contributed by atoms with Crippen LogP contribution in [0.3, 0.4) is 0 Å². The molecule has 0 aliphatic carbocycles. The fourth-order valence-electron chi connectivity index (χ4n) is 2.66. The summed E-state index contributed by atoms with van der Waals surface area (Å²) in [5, 5.41) is 0. The molecule has 0 aromatic rings. The van der Waals surface area contributed by atoms with Crippen molar-refractivity contribution >= 4 is 0 Å². The lowest BCUT2D eigenvalue weighted by Gasteiger charge is -2.40. The van der Waals surface area contributed by atoms with Crippen molar-refractivity contribution in [3.8, 4) is 0 Å². The fraction of sp³-hybridized carbons (Fsp3) is 1.00. The lowest BCUT2D eigenvalue weighted by molar-refractivity contribution is 0.0947. The molecule has 0 aromatic carbocycles. The quantitative estimate of drug-likeness (QED) is 0.759. The summed E-state index contributed by atoms with van der Waals surface area (Å²) in [6.07, 6.45) is 7.82. The first-order chi connectivity index (χ1) is 7.15. The lowest BCUT2D eigenvalue weighted by atomic mass is 9.96. The first kappa shape index (κ1) is 13.0. The molecule has 2 nitrogen and oxygen atoms in total. The van der Waals surface area contributed by atoms with E-state index in [1.807, 2.05) is 0 Å². The van der Waals surface area contributed by atoms with Crippen LogP contribution in [-0.2, 0) is 0 Å². The molecule has 1 aliphatic rings. The van der Waals surface area contributed by atoms with Gasteiger partial charge in [0.1, 0.15) is 0 Å². The Labute approximate surface area is 95.2 Å². The number of unbranched alkanes of at least 4 members (excludes halogenated alkanes) is 1. The van der Waals surface area contributed by atoms with Gasteiger partial charge >= 0.3 is 0 Å². The summed E-state index contributed by atoms with van der Waals surface area (Å²) in [4.78, 5) is 2.61. The van der Waals surface area contributed by atoms with Gasteiger partial charge in [0.15, 0.2) is 0 Å². The van der Waals surface area contributed by atoms with Crippen molar-refractivity contribution in [2.75, 3.05) is 6.54 Å². The van der Waals surface area contributed by atoms with Crippen LogP contribution < -0.4 is 5.73 Å². The normalized spacial score (nSPS) is 30.4. The number of nitrogens with two attached hydrogens (primary N) is 1. The van der Waals surface area contributed by atoms with E-state index in [2.05, 4.69) is 25.7 Å². The van der Waals surface area contributed by atoms with Crippen LogP contribution in [0.1, 0.15) is 59.3 Å². The number of hydrogen-bond acceptors (Lipinski definition) is 2. The highest BCUT2D eigenvalue weighted by Gasteiger charge is 2.25. The minimum absolute atomic E-state index is 0.382. The minimum atomic E-state index is 0.382. The van der Waals surface area contributed by atoms with Crippen LogP contribution >= 0.6 is 0 Å². The third-order valence-corrected chi connectivity index (χ3v) is 3.75. The largest absolute Gasteiger partial charge is 0.327 e. The van der Waals surface area contributed by atoms with Crippen molar-refractivity contribution < 1.29 is 0 Å². The molecule has 0 aromatic heterocycles. The Morgan fingerprint density at radius 1 is 1.27 bits per heavy atom. The second-order valence-electron chi connectivity index (χ2n) is 5.23. The third kappa shape index (κ3) is 4.12. The van der Waals surface area contributed by atoms with Gasteiger partial charge in [-0.3, -0.25) is 4.90 Å². The maximum atomic E-state index is 6.17. The first-order valence-electron chi connectivity index (χ1n) is 6.66. The average molecular weight is 212 g/mol. The summed E-state index contributed by atoms with van der Waals surface area (Å²) in [6, 6.07) is 1.86. The zero-order chi connectivity index (χ0) is 11.3. The Hall–Kier alpha value is -0.0800. The zero-order valence-corrected chi connectivity index (χ0v) is 10.7. The van der Waals surface area contributed by atoms with Crippen LogP contribution in [0.25, 0.3) is 0 Å². The molecule has 0 radical (unpaired) electrons. The topological polar surface area (TPSA) is 29.3 Å². The van der Waals surface area contributed by atoms with E-state index >= 15 is 0 Å². The van der Waals surface area contributed by atoms with Crippen molar-refractivity contribution in [2.24, 2.45) is 5.73 Å². The van der Waals surface area contributed by atoms with E-state index in [9.17, 15) is 0 Å². The lowest BCUT2D eigenvalue weighted by Crippen LogP contribution is -2.49. The smallest absolute Gasteiger partial charge is 0.0168 e. The highest BCUT2D eigenvalue weighted by Crippen LogP contribution is 2.22. The van der Waals surface area contributed by atoms with Crippen LogP contribution in [0.2, 0.25) is 0 Å². The molecule has 2 N–H and O–H groups in total. The van der Waals surface area contributed by atoms with Crippen molar-refractivity contribution in [1.29, 1.82) is 0 Å². The van der Waals surface area contributed by atoms with Gasteiger partial charge in [-0.1, -0.05) is 26.2 Å². The molecule has 1 unspecified atom stereocenters. The highest BCUT2D eigenvalue weighted by atomic mass is 15.2. The number of hydrogen-bond donors (Lipinski definition) is 1. The summed E-state index contributed by atoms with van der Waals surface area (Å²) in [5.74, 6) is 0. The summed E-state index contributed by atoms with van der Waals surface area (Å²) in [6.45, 7) is 8.03. The Morgan fingerprint density at radius 2 is 1.87 bits per heavy atom. The minimum Gasteiger partial charge on any atom is -0.327 e. The molecule has 0 amide bonds. The molecule has 1 rings (SSSR count). The molecular formula is C13H28N2. The molecule has 3 atom stereocenters. The molecule has 15 heavy (non-hydrogen) atoms. The van der Waals surface area contributed by atoms with Gasteiger partial charge in [0.25, 0.3) is 0 Å². The summed E-state index contributed by atoms with van der Waals surface area (Å²) in [5.41, 5.74) is 6.17. The molecule has 1 heterocycles. The molecule has 2 heteroatoms. The Balaban J connectivity index is 2.33. The molecule has 1 saturated heterocycles. The molecule has 1 fully saturated rings. The molecule has 0 spiro atoms. The number of nitrogens with zero attached hydrogens (tertiary/aromatic N) is 1. The Morgan fingerprint density at radius 3 is 2.40 bits per heavy atom. The second kappa shape index (κ2) is 6.49. The van der Waals surface area contributed by atoms with Crippen molar-refractivity contribution in [2.45, 2.75) is 77.4 Å². The number of rotatable bonds is 5. The van der Waals surface area contributed by atoms with E-state index in [4.69, 9.17) is 5.73 Å². The van der Waals surface area contributed by atoms with Crippen LogP contribution in [-0.4, -0.2) is 29.6 Å². The Bertz CT molecular complexity index is 160. The van der Waals surface area contributed by atoms with Gasteiger partial charge in [0.2, 0.25) is 0 Å².